The number of nitrogens with one attached hydrogen (secondary N) is 1. The predicted molar refractivity (Wildman–Crippen MR) is 129 cm³/mol. The van der Waals surface area contributed by atoms with Crippen molar-refractivity contribution in [2.45, 2.75) is 52.1 Å². The van der Waals surface area contributed by atoms with E-state index >= 15 is 0 Å². The summed E-state index contributed by atoms with van der Waals surface area (Å²) >= 11 is 0. The van der Waals surface area contributed by atoms with Crippen molar-refractivity contribution in [1.29, 1.82) is 5.26 Å². The van der Waals surface area contributed by atoms with E-state index in [9.17, 15) is 4.79 Å². The third-order valence-corrected chi connectivity index (χ3v) is 7.23. The second kappa shape index (κ2) is 9.44. The number of rotatable bonds is 3. The van der Waals surface area contributed by atoms with Crippen molar-refractivity contribution in [3.05, 3.63) is 81.7 Å². The highest BCUT2D eigenvalue weighted by molar-refractivity contribution is 5.96. The number of piperidine rings is 1. The molecule has 34 heavy (non-hydrogen) atoms. The Balaban J connectivity index is 1.34. The van der Waals surface area contributed by atoms with Crippen LogP contribution in [-0.4, -0.2) is 35.6 Å². The zero-order valence-electron chi connectivity index (χ0n) is 19.9. The summed E-state index contributed by atoms with van der Waals surface area (Å²) in [6, 6.07) is 14.2. The summed E-state index contributed by atoms with van der Waals surface area (Å²) in [6.45, 7) is 7.03. The van der Waals surface area contributed by atoms with Gasteiger partial charge < -0.3 is 9.64 Å². The third-order valence-electron chi connectivity index (χ3n) is 7.23. The number of hydrogen-bond donors (Lipinski definition) is 1. The van der Waals surface area contributed by atoms with E-state index in [1.54, 1.807) is 0 Å². The number of aryl methyl sites for hydroxylation is 3. The van der Waals surface area contributed by atoms with Crippen LogP contribution < -0.4 is 4.68 Å². The van der Waals surface area contributed by atoms with E-state index in [0.29, 0.717) is 18.1 Å². The van der Waals surface area contributed by atoms with Gasteiger partial charge in [0.25, 0.3) is 5.91 Å². The summed E-state index contributed by atoms with van der Waals surface area (Å²) in [5.41, 5.74) is 8.28. The molecular formula is C28H31N4O2+. The van der Waals surface area contributed by atoms with Crippen LogP contribution in [0, 0.1) is 25.2 Å². The lowest BCUT2D eigenvalue weighted by molar-refractivity contribution is -0.656. The smallest absolute Gasteiger partial charge is 0.254 e. The van der Waals surface area contributed by atoms with Crippen molar-refractivity contribution in [3.8, 4) is 11.8 Å². The zero-order chi connectivity index (χ0) is 23.7. The average Bonchev–Trinajstić information content (AvgIpc) is 3.13. The first-order valence-electron chi connectivity index (χ1n) is 12.1. The van der Waals surface area contributed by atoms with E-state index < -0.39 is 0 Å². The van der Waals surface area contributed by atoms with E-state index in [4.69, 9.17) is 10.00 Å². The number of nitriles is 1. The monoisotopic (exact) mass is 455 g/mol. The SMILES string of the molecule is Cc1cc(C)c(-[n+]2cc3c([nH]2)CCCOC3)cc1C(=O)N1CCC(c2ccc(C#N)cc2)CC1. The fraction of sp³-hybridized carbons (Fsp3) is 0.393. The fourth-order valence-corrected chi connectivity index (χ4v) is 5.23. The van der Waals surface area contributed by atoms with Crippen LogP contribution in [0.2, 0.25) is 0 Å². The van der Waals surface area contributed by atoms with Gasteiger partial charge in [-0.15, -0.1) is 0 Å². The number of carbonyl (C=O) groups is 1. The molecule has 0 bridgehead atoms. The molecule has 1 aromatic heterocycles. The van der Waals surface area contributed by atoms with E-state index in [1.165, 1.54) is 16.8 Å². The van der Waals surface area contributed by atoms with Gasteiger partial charge in [-0.1, -0.05) is 16.8 Å². The van der Waals surface area contributed by atoms with Crippen molar-refractivity contribution >= 4 is 5.91 Å². The summed E-state index contributed by atoms with van der Waals surface area (Å²) < 4.78 is 7.75. The normalized spacial score (nSPS) is 16.6. The van der Waals surface area contributed by atoms with Crippen LogP contribution in [0.4, 0.5) is 0 Å². The first kappa shape index (κ1) is 22.4. The molecule has 5 rings (SSSR count). The minimum atomic E-state index is 0.106. The molecule has 2 aliphatic rings. The van der Waals surface area contributed by atoms with Crippen molar-refractivity contribution in [2.24, 2.45) is 0 Å². The first-order chi connectivity index (χ1) is 16.5. The number of fused-ring (bicyclic) bond motifs is 1. The molecule has 0 spiro atoms. The maximum atomic E-state index is 13.5. The molecule has 0 atom stereocenters. The topological polar surface area (TPSA) is 73.0 Å². The summed E-state index contributed by atoms with van der Waals surface area (Å²) in [4.78, 5) is 15.5. The molecule has 0 unspecified atom stereocenters. The molecule has 1 fully saturated rings. The first-order valence-corrected chi connectivity index (χ1v) is 12.1. The van der Waals surface area contributed by atoms with Crippen LogP contribution in [0.1, 0.15) is 69.0 Å². The summed E-state index contributed by atoms with van der Waals surface area (Å²) in [5, 5.41) is 12.5. The van der Waals surface area contributed by atoms with Crippen molar-refractivity contribution in [3.63, 3.8) is 0 Å². The van der Waals surface area contributed by atoms with Gasteiger partial charge in [-0.25, -0.2) is 0 Å². The Bertz CT molecular complexity index is 1220. The molecule has 0 radical (unpaired) electrons. The van der Waals surface area contributed by atoms with Crippen molar-refractivity contribution in [2.75, 3.05) is 19.7 Å². The lowest BCUT2D eigenvalue weighted by Gasteiger charge is -2.32. The van der Waals surface area contributed by atoms with Gasteiger partial charge in [-0.2, -0.15) is 10.4 Å². The summed E-state index contributed by atoms with van der Waals surface area (Å²) in [7, 11) is 0. The Morgan fingerprint density at radius 2 is 1.91 bits per heavy atom. The number of ether oxygens (including phenoxy) is 1. The predicted octanol–water partition coefficient (Wildman–Crippen LogP) is 4.26. The van der Waals surface area contributed by atoms with Crippen LogP contribution in [-0.2, 0) is 17.8 Å². The number of carbonyl (C=O) groups excluding carboxylic acids is 1. The van der Waals surface area contributed by atoms with Crippen LogP contribution in [0.25, 0.3) is 5.69 Å². The van der Waals surface area contributed by atoms with Gasteiger partial charge >= 0.3 is 0 Å². The van der Waals surface area contributed by atoms with E-state index in [-0.39, 0.29) is 5.91 Å². The third kappa shape index (κ3) is 4.36. The molecule has 2 aromatic carbocycles. The van der Waals surface area contributed by atoms with Crippen LogP contribution in [0.15, 0.2) is 42.6 Å². The Kier molecular flexibility index (Phi) is 6.21. The molecule has 2 aliphatic heterocycles. The highest BCUT2D eigenvalue weighted by Gasteiger charge is 2.28. The standard InChI is InChI=1S/C28H30N4O2/c1-19-14-20(2)27(32-17-24-18-34-13-3-4-26(24)30-32)15-25(19)28(33)31-11-9-23(10-12-31)22-7-5-21(16-29)6-8-22/h5-8,14-15,17,23H,3-4,9-13,18H2,1-2H3/p+1. The Morgan fingerprint density at radius 1 is 1.15 bits per heavy atom. The molecule has 1 saturated heterocycles. The number of hydrogen-bond acceptors (Lipinski definition) is 3. The highest BCUT2D eigenvalue weighted by atomic mass is 16.5. The summed E-state index contributed by atoms with van der Waals surface area (Å²) in [5.74, 6) is 0.535. The molecule has 6 nitrogen and oxygen atoms in total. The highest BCUT2D eigenvalue weighted by Crippen LogP contribution is 2.29. The number of benzene rings is 2. The molecule has 3 aromatic rings. The largest absolute Gasteiger partial charge is 0.376 e. The molecular weight excluding hydrogens is 424 g/mol. The molecule has 1 amide bonds. The van der Waals surface area contributed by atoms with E-state index in [1.807, 2.05) is 34.7 Å². The van der Waals surface area contributed by atoms with E-state index in [0.717, 1.165) is 67.8 Å². The maximum absolute atomic E-state index is 13.5. The summed E-state index contributed by atoms with van der Waals surface area (Å²) in [6.07, 6.45) is 5.98. The lowest BCUT2D eigenvalue weighted by Crippen LogP contribution is -2.39. The zero-order valence-corrected chi connectivity index (χ0v) is 19.9. The van der Waals surface area contributed by atoms with Crippen molar-refractivity contribution < 1.29 is 14.2 Å². The molecule has 174 valence electrons. The Labute approximate surface area is 200 Å². The molecule has 6 heteroatoms. The quantitative estimate of drug-likeness (QED) is 0.600. The van der Waals surface area contributed by atoms with Gasteiger partial charge in [0.15, 0.2) is 0 Å². The van der Waals surface area contributed by atoms with Gasteiger partial charge in [0.05, 0.1) is 29.5 Å². The molecule has 0 aliphatic carbocycles. The van der Waals surface area contributed by atoms with Crippen molar-refractivity contribution in [1.82, 2.24) is 10.00 Å². The van der Waals surface area contributed by atoms with Gasteiger partial charge in [-0.05, 0) is 74.8 Å². The van der Waals surface area contributed by atoms with Gasteiger partial charge in [0.2, 0.25) is 11.9 Å². The van der Waals surface area contributed by atoms with E-state index in [2.05, 4.69) is 42.5 Å². The second-order valence-corrected chi connectivity index (χ2v) is 9.52. The Morgan fingerprint density at radius 3 is 2.65 bits per heavy atom. The number of amides is 1. The van der Waals surface area contributed by atoms with Gasteiger partial charge in [0, 0.05) is 36.9 Å². The minimum Gasteiger partial charge on any atom is -0.376 e. The van der Waals surface area contributed by atoms with Gasteiger partial charge in [-0.3, -0.25) is 4.79 Å². The molecule has 0 saturated carbocycles. The fourth-order valence-electron chi connectivity index (χ4n) is 5.23. The number of H-pyrrole nitrogens is 1. The van der Waals surface area contributed by atoms with Crippen LogP contribution in [0.5, 0.6) is 0 Å². The number of aromatic nitrogens is 2. The lowest BCUT2D eigenvalue weighted by atomic mass is 9.88. The van der Waals surface area contributed by atoms with Crippen LogP contribution >= 0.6 is 0 Å². The average molecular weight is 456 g/mol. The number of nitrogens with zero attached hydrogens (tertiary/aromatic N) is 3. The van der Waals surface area contributed by atoms with Crippen LogP contribution in [0.3, 0.4) is 0 Å². The molecule has 3 heterocycles. The molecule has 1 N–H and O–H groups in total. The minimum absolute atomic E-state index is 0.106. The Hall–Kier alpha value is -3.43. The second-order valence-electron chi connectivity index (χ2n) is 9.52. The maximum Gasteiger partial charge on any atom is 0.254 e. The number of aromatic amines is 1. The van der Waals surface area contributed by atoms with Gasteiger partial charge in [0.1, 0.15) is 0 Å². The number of likely N-dealkylation sites (tertiary alicyclic amines) is 1.